The van der Waals surface area contributed by atoms with E-state index in [1.54, 1.807) is 24.2 Å². The zero-order valence-electron chi connectivity index (χ0n) is 13.4. The fourth-order valence-corrected chi connectivity index (χ4v) is 3.08. The zero-order valence-corrected chi connectivity index (χ0v) is 14.2. The van der Waals surface area contributed by atoms with Gasteiger partial charge in [-0.05, 0) is 23.8 Å². The van der Waals surface area contributed by atoms with Crippen molar-refractivity contribution in [1.82, 2.24) is 24.6 Å². The predicted octanol–water partition coefficient (Wildman–Crippen LogP) is 2.19. The van der Waals surface area contributed by atoms with Crippen molar-refractivity contribution in [3.8, 4) is 0 Å². The second-order valence-corrected chi connectivity index (χ2v) is 6.39. The molecule has 0 bridgehead atoms. The standard InChI is InChI=1S/C17H19N5OS/c1-21-10-7-19-17(21)24-11-8-18-16(23)15-5-2-4-14(12-15)13-22-9-3-6-20-22/h2-7,9-10,12H,8,11,13H2,1H3,(H,18,23). The Morgan fingerprint density at radius 1 is 1.25 bits per heavy atom. The van der Waals surface area contributed by atoms with E-state index < -0.39 is 0 Å². The van der Waals surface area contributed by atoms with E-state index in [9.17, 15) is 4.79 Å². The average Bonchev–Trinajstić information content (AvgIpc) is 3.24. The van der Waals surface area contributed by atoms with Crippen molar-refractivity contribution < 1.29 is 4.79 Å². The van der Waals surface area contributed by atoms with Crippen LogP contribution in [0.15, 0.2) is 60.3 Å². The first-order valence-corrected chi connectivity index (χ1v) is 8.65. The van der Waals surface area contributed by atoms with Crippen LogP contribution in [-0.2, 0) is 13.6 Å². The zero-order chi connectivity index (χ0) is 16.8. The molecule has 1 aromatic carbocycles. The van der Waals surface area contributed by atoms with Gasteiger partial charge in [-0.2, -0.15) is 5.10 Å². The molecule has 2 aromatic heterocycles. The minimum absolute atomic E-state index is 0.0576. The van der Waals surface area contributed by atoms with Crippen LogP contribution in [0.3, 0.4) is 0 Å². The molecule has 0 aliphatic carbocycles. The van der Waals surface area contributed by atoms with Crippen LogP contribution in [0, 0.1) is 0 Å². The predicted molar refractivity (Wildman–Crippen MR) is 94.0 cm³/mol. The van der Waals surface area contributed by atoms with Gasteiger partial charge in [-0.1, -0.05) is 23.9 Å². The number of nitrogens with zero attached hydrogens (tertiary/aromatic N) is 4. The van der Waals surface area contributed by atoms with Gasteiger partial charge in [-0.15, -0.1) is 0 Å². The molecular weight excluding hydrogens is 322 g/mol. The molecule has 1 amide bonds. The molecular formula is C17H19N5OS. The van der Waals surface area contributed by atoms with E-state index in [4.69, 9.17) is 0 Å². The van der Waals surface area contributed by atoms with Gasteiger partial charge in [-0.25, -0.2) is 4.98 Å². The molecule has 3 aromatic rings. The Hall–Kier alpha value is -2.54. The van der Waals surface area contributed by atoms with E-state index in [2.05, 4.69) is 15.4 Å². The summed E-state index contributed by atoms with van der Waals surface area (Å²) in [4.78, 5) is 16.5. The van der Waals surface area contributed by atoms with Crippen molar-refractivity contribution in [2.75, 3.05) is 12.3 Å². The Kier molecular flexibility index (Phi) is 5.32. The molecule has 0 spiro atoms. The van der Waals surface area contributed by atoms with Crippen LogP contribution < -0.4 is 5.32 Å². The Balaban J connectivity index is 1.50. The van der Waals surface area contributed by atoms with Gasteiger partial charge in [0.15, 0.2) is 5.16 Å². The summed E-state index contributed by atoms with van der Waals surface area (Å²) in [6, 6.07) is 9.51. The smallest absolute Gasteiger partial charge is 0.251 e. The van der Waals surface area contributed by atoms with Gasteiger partial charge < -0.3 is 9.88 Å². The van der Waals surface area contributed by atoms with Crippen LogP contribution >= 0.6 is 11.8 Å². The van der Waals surface area contributed by atoms with E-state index >= 15 is 0 Å². The molecule has 0 saturated heterocycles. The van der Waals surface area contributed by atoms with E-state index in [1.807, 2.05) is 59.0 Å². The highest BCUT2D eigenvalue weighted by Crippen LogP contribution is 2.13. The first kappa shape index (κ1) is 16.3. The Bertz CT molecular complexity index is 797. The SMILES string of the molecule is Cn1ccnc1SCCNC(=O)c1cccc(Cn2cccn2)c1. The lowest BCUT2D eigenvalue weighted by molar-refractivity contribution is 0.0956. The number of aryl methyl sites for hydroxylation is 1. The van der Waals surface area contributed by atoms with Crippen LogP contribution in [0.1, 0.15) is 15.9 Å². The number of carbonyl (C=O) groups excluding carboxylic acids is 1. The number of aromatic nitrogens is 4. The summed E-state index contributed by atoms with van der Waals surface area (Å²) in [5.74, 6) is 0.724. The highest BCUT2D eigenvalue weighted by molar-refractivity contribution is 7.99. The van der Waals surface area contributed by atoms with Gasteiger partial charge in [-0.3, -0.25) is 9.48 Å². The monoisotopic (exact) mass is 341 g/mol. The van der Waals surface area contributed by atoms with E-state index in [1.165, 1.54) is 0 Å². The van der Waals surface area contributed by atoms with E-state index in [0.29, 0.717) is 18.7 Å². The van der Waals surface area contributed by atoms with Gasteiger partial charge in [0.25, 0.3) is 5.91 Å². The summed E-state index contributed by atoms with van der Waals surface area (Å²) in [6.07, 6.45) is 7.33. The normalized spacial score (nSPS) is 10.7. The van der Waals surface area contributed by atoms with Crippen LogP contribution in [0.4, 0.5) is 0 Å². The number of hydrogen-bond donors (Lipinski definition) is 1. The molecule has 0 unspecified atom stereocenters. The second kappa shape index (κ2) is 7.83. The van der Waals surface area contributed by atoms with Gasteiger partial charge in [0.2, 0.25) is 0 Å². The van der Waals surface area contributed by atoms with Gasteiger partial charge in [0.1, 0.15) is 0 Å². The minimum Gasteiger partial charge on any atom is -0.351 e. The van der Waals surface area contributed by atoms with Crippen molar-refractivity contribution in [1.29, 1.82) is 0 Å². The molecule has 124 valence electrons. The molecule has 3 rings (SSSR count). The topological polar surface area (TPSA) is 64.7 Å². The van der Waals surface area contributed by atoms with E-state index in [0.717, 1.165) is 16.5 Å². The van der Waals surface area contributed by atoms with Crippen molar-refractivity contribution >= 4 is 17.7 Å². The number of nitrogens with one attached hydrogen (secondary N) is 1. The van der Waals surface area contributed by atoms with Crippen LogP contribution in [0.5, 0.6) is 0 Å². The van der Waals surface area contributed by atoms with Gasteiger partial charge >= 0.3 is 0 Å². The minimum atomic E-state index is -0.0576. The maximum absolute atomic E-state index is 12.3. The molecule has 0 atom stereocenters. The summed E-state index contributed by atoms with van der Waals surface area (Å²) in [5, 5.41) is 8.08. The highest BCUT2D eigenvalue weighted by Gasteiger charge is 2.07. The fourth-order valence-electron chi connectivity index (χ4n) is 2.29. The molecule has 0 fully saturated rings. The number of rotatable bonds is 7. The van der Waals surface area contributed by atoms with Gasteiger partial charge in [0.05, 0.1) is 6.54 Å². The van der Waals surface area contributed by atoms with Gasteiger partial charge in [0, 0.05) is 49.7 Å². The Morgan fingerprint density at radius 3 is 2.92 bits per heavy atom. The van der Waals surface area contributed by atoms with Crippen LogP contribution in [0.25, 0.3) is 0 Å². The Morgan fingerprint density at radius 2 is 2.17 bits per heavy atom. The number of thioether (sulfide) groups is 1. The maximum Gasteiger partial charge on any atom is 0.251 e. The summed E-state index contributed by atoms with van der Waals surface area (Å²) >= 11 is 1.62. The second-order valence-electron chi connectivity index (χ2n) is 5.33. The third kappa shape index (κ3) is 4.26. The lowest BCUT2D eigenvalue weighted by Crippen LogP contribution is -2.25. The number of amides is 1. The number of imidazole rings is 1. The third-order valence-corrected chi connectivity index (χ3v) is 4.55. The van der Waals surface area contributed by atoms with Crippen molar-refractivity contribution in [3.05, 3.63) is 66.2 Å². The number of carbonyl (C=O) groups is 1. The third-order valence-electron chi connectivity index (χ3n) is 3.49. The molecule has 2 heterocycles. The summed E-state index contributed by atoms with van der Waals surface area (Å²) in [6.45, 7) is 1.25. The van der Waals surface area contributed by atoms with Crippen molar-refractivity contribution in [2.45, 2.75) is 11.7 Å². The lowest BCUT2D eigenvalue weighted by Gasteiger charge is -2.07. The highest BCUT2D eigenvalue weighted by atomic mass is 32.2. The van der Waals surface area contributed by atoms with Crippen molar-refractivity contribution in [3.63, 3.8) is 0 Å². The lowest BCUT2D eigenvalue weighted by atomic mass is 10.1. The molecule has 0 saturated carbocycles. The molecule has 0 radical (unpaired) electrons. The van der Waals surface area contributed by atoms with E-state index in [-0.39, 0.29) is 5.91 Å². The molecule has 1 N–H and O–H groups in total. The van der Waals surface area contributed by atoms with Crippen molar-refractivity contribution in [2.24, 2.45) is 7.05 Å². The average molecular weight is 341 g/mol. The van der Waals surface area contributed by atoms with Crippen LogP contribution in [-0.4, -0.2) is 37.5 Å². The molecule has 6 nitrogen and oxygen atoms in total. The number of benzene rings is 1. The Labute approximate surface area is 144 Å². The number of hydrogen-bond acceptors (Lipinski definition) is 4. The molecule has 0 aliphatic rings. The fraction of sp³-hybridized carbons (Fsp3) is 0.235. The quantitative estimate of drug-likeness (QED) is 0.528. The molecule has 0 aliphatic heterocycles. The maximum atomic E-state index is 12.3. The summed E-state index contributed by atoms with van der Waals surface area (Å²) < 4.78 is 3.80. The van der Waals surface area contributed by atoms with Crippen LogP contribution in [0.2, 0.25) is 0 Å². The largest absolute Gasteiger partial charge is 0.351 e. The first-order valence-electron chi connectivity index (χ1n) is 7.67. The first-order chi connectivity index (χ1) is 11.7. The summed E-state index contributed by atoms with van der Waals surface area (Å²) in [5.41, 5.74) is 1.72. The summed E-state index contributed by atoms with van der Waals surface area (Å²) in [7, 11) is 1.96. The molecule has 24 heavy (non-hydrogen) atoms. The molecule has 7 heteroatoms.